The quantitative estimate of drug-likeness (QED) is 0.697. The van der Waals surface area contributed by atoms with Crippen molar-refractivity contribution in [2.75, 3.05) is 49.1 Å². The number of para-hydroxylation sites is 2. The highest BCUT2D eigenvalue weighted by Gasteiger charge is 2.40. The number of hydrogen-bond donors (Lipinski definition) is 0. The second kappa shape index (κ2) is 9.29. The zero-order chi connectivity index (χ0) is 23.7. The van der Waals surface area contributed by atoms with Crippen LogP contribution in [0.5, 0.6) is 0 Å². The SMILES string of the molecule is O=C(C1CC(=O)N(c2ccccc2)C1)N1CCN(C(=O)C2CC(=O)N(c3ccccc3)C2)CC1. The highest BCUT2D eigenvalue weighted by atomic mass is 16.2. The van der Waals surface area contributed by atoms with Crippen molar-refractivity contribution in [2.45, 2.75) is 12.8 Å². The van der Waals surface area contributed by atoms with Crippen molar-refractivity contribution in [2.24, 2.45) is 11.8 Å². The molecule has 0 bridgehead atoms. The predicted octanol–water partition coefficient (Wildman–Crippen LogP) is 1.76. The largest absolute Gasteiger partial charge is 0.339 e. The van der Waals surface area contributed by atoms with Gasteiger partial charge in [0.05, 0.1) is 11.8 Å². The summed E-state index contributed by atoms with van der Waals surface area (Å²) in [6.07, 6.45) is 0.429. The molecule has 2 aromatic carbocycles. The molecule has 0 radical (unpaired) electrons. The first-order valence-corrected chi connectivity index (χ1v) is 11.8. The molecule has 2 atom stereocenters. The van der Waals surface area contributed by atoms with Crippen molar-refractivity contribution in [1.82, 2.24) is 9.80 Å². The molecule has 3 fully saturated rings. The minimum atomic E-state index is -0.359. The van der Waals surface area contributed by atoms with Gasteiger partial charge in [0.25, 0.3) is 0 Å². The van der Waals surface area contributed by atoms with Crippen molar-refractivity contribution >= 4 is 35.0 Å². The fraction of sp³-hybridized carbons (Fsp3) is 0.385. The third kappa shape index (κ3) is 4.27. The maximum atomic E-state index is 13.1. The summed E-state index contributed by atoms with van der Waals surface area (Å²) in [4.78, 5) is 58.1. The number of benzene rings is 2. The molecule has 0 saturated carbocycles. The Labute approximate surface area is 198 Å². The molecule has 176 valence electrons. The molecule has 4 amide bonds. The van der Waals surface area contributed by atoms with Crippen LogP contribution >= 0.6 is 0 Å². The average molecular weight is 461 g/mol. The van der Waals surface area contributed by atoms with E-state index in [1.54, 1.807) is 19.6 Å². The summed E-state index contributed by atoms with van der Waals surface area (Å²) in [5.41, 5.74) is 1.63. The molecule has 0 aliphatic carbocycles. The number of anilines is 2. The van der Waals surface area contributed by atoms with E-state index in [0.29, 0.717) is 39.3 Å². The summed E-state index contributed by atoms with van der Waals surface area (Å²) in [7, 11) is 0. The lowest BCUT2D eigenvalue weighted by Crippen LogP contribution is -2.53. The average Bonchev–Trinajstić information content (AvgIpc) is 3.47. The Balaban J connectivity index is 1.14. The van der Waals surface area contributed by atoms with Crippen LogP contribution < -0.4 is 9.80 Å². The predicted molar refractivity (Wildman–Crippen MR) is 127 cm³/mol. The van der Waals surface area contributed by atoms with Crippen LogP contribution in [-0.4, -0.2) is 72.7 Å². The van der Waals surface area contributed by atoms with Crippen molar-refractivity contribution in [3.05, 3.63) is 60.7 Å². The van der Waals surface area contributed by atoms with Crippen LogP contribution in [0.4, 0.5) is 11.4 Å². The number of carbonyl (C=O) groups is 4. The first-order chi connectivity index (χ1) is 16.5. The second-order valence-corrected chi connectivity index (χ2v) is 9.13. The molecule has 8 heteroatoms. The van der Waals surface area contributed by atoms with Crippen LogP contribution in [0.1, 0.15) is 12.8 Å². The van der Waals surface area contributed by atoms with E-state index in [9.17, 15) is 19.2 Å². The van der Waals surface area contributed by atoms with Gasteiger partial charge in [0.1, 0.15) is 0 Å². The molecule has 3 aliphatic rings. The maximum Gasteiger partial charge on any atom is 0.228 e. The minimum absolute atomic E-state index is 0.0230. The Bertz CT molecular complexity index is 995. The molecule has 0 N–H and O–H groups in total. The Kier molecular flexibility index (Phi) is 6.04. The van der Waals surface area contributed by atoms with Crippen molar-refractivity contribution < 1.29 is 19.2 Å². The van der Waals surface area contributed by atoms with Crippen LogP contribution in [0.2, 0.25) is 0 Å². The van der Waals surface area contributed by atoms with E-state index in [1.165, 1.54) is 0 Å². The number of carbonyl (C=O) groups excluding carboxylic acids is 4. The van der Waals surface area contributed by atoms with Gasteiger partial charge in [-0.25, -0.2) is 0 Å². The van der Waals surface area contributed by atoms with E-state index in [0.717, 1.165) is 11.4 Å². The Morgan fingerprint density at radius 2 is 0.941 bits per heavy atom. The molecule has 5 rings (SSSR count). The second-order valence-electron chi connectivity index (χ2n) is 9.13. The fourth-order valence-corrected chi connectivity index (χ4v) is 5.12. The van der Waals surface area contributed by atoms with Gasteiger partial charge in [-0.05, 0) is 24.3 Å². The lowest BCUT2D eigenvalue weighted by atomic mass is 10.0. The Hall–Kier alpha value is -3.68. The molecule has 0 aromatic heterocycles. The molecule has 0 spiro atoms. The zero-order valence-electron chi connectivity index (χ0n) is 19.0. The van der Waals surface area contributed by atoms with Gasteiger partial charge in [0.2, 0.25) is 23.6 Å². The van der Waals surface area contributed by atoms with Crippen molar-refractivity contribution in [1.29, 1.82) is 0 Å². The molecular formula is C26H28N4O4. The molecule has 34 heavy (non-hydrogen) atoms. The highest BCUT2D eigenvalue weighted by Crippen LogP contribution is 2.28. The van der Waals surface area contributed by atoms with Gasteiger partial charge >= 0.3 is 0 Å². The molecule has 8 nitrogen and oxygen atoms in total. The molecule has 3 aliphatic heterocycles. The van der Waals surface area contributed by atoms with E-state index in [4.69, 9.17) is 0 Å². The summed E-state index contributed by atoms with van der Waals surface area (Å²) in [5, 5.41) is 0. The monoisotopic (exact) mass is 460 g/mol. The number of nitrogens with zero attached hydrogens (tertiary/aromatic N) is 4. The molecular weight excluding hydrogens is 432 g/mol. The first-order valence-electron chi connectivity index (χ1n) is 11.8. The van der Waals surface area contributed by atoms with Gasteiger partial charge in [-0.15, -0.1) is 0 Å². The minimum Gasteiger partial charge on any atom is -0.339 e. The van der Waals surface area contributed by atoms with Gasteiger partial charge < -0.3 is 19.6 Å². The van der Waals surface area contributed by atoms with Crippen LogP contribution in [0.3, 0.4) is 0 Å². The van der Waals surface area contributed by atoms with Crippen LogP contribution in [-0.2, 0) is 19.2 Å². The van der Waals surface area contributed by atoms with Gasteiger partial charge in [-0.2, -0.15) is 0 Å². The highest BCUT2D eigenvalue weighted by molar-refractivity contribution is 6.01. The summed E-state index contributed by atoms with van der Waals surface area (Å²) >= 11 is 0. The Morgan fingerprint density at radius 3 is 1.29 bits per heavy atom. The molecule has 2 unspecified atom stereocenters. The molecule has 3 heterocycles. The number of amides is 4. The zero-order valence-corrected chi connectivity index (χ0v) is 19.0. The van der Waals surface area contributed by atoms with E-state index < -0.39 is 0 Å². The van der Waals surface area contributed by atoms with Gasteiger partial charge in [-0.3, -0.25) is 19.2 Å². The van der Waals surface area contributed by atoms with E-state index in [2.05, 4.69) is 0 Å². The lowest BCUT2D eigenvalue weighted by molar-refractivity contribution is -0.143. The summed E-state index contributed by atoms with van der Waals surface area (Å²) in [5.74, 6) is -0.835. The van der Waals surface area contributed by atoms with Gasteiger partial charge in [0.15, 0.2) is 0 Å². The summed E-state index contributed by atoms with van der Waals surface area (Å²) < 4.78 is 0. The summed E-state index contributed by atoms with van der Waals surface area (Å²) in [6.45, 7) is 2.57. The first kappa shape index (κ1) is 22.1. The standard InChI is InChI=1S/C26H28N4O4/c31-23-15-19(17-29(23)21-7-3-1-4-8-21)25(33)27-11-13-28(14-12-27)26(34)20-16-24(32)30(18-20)22-9-5-2-6-10-22/h1-10,19-20H,11-18H2. The molecule has 3 saturated heterocycles. The normalized spacial score (nSPS) is 23.1. The third-order valence-corrected chi connectivity index (χ3v) is 6.99. The van der Waals surface area contributed by atoms with Crippen LogP contribution in [0.15, 0.2) is 60.7 Å². The number of rotatable bonds is 4. The van der Waals surface area contributed by atoms with Crippen LogP contribution in [0, 0.1) is 11.8 Å². The van der Waals surface area contributed by atoms with E-state index >= 15 is 0 Å². The van der Waals surface area contributed by atoms with Gasteiger partial charge in [0, 0.05) is 63.5 Å². The summed E-state index contributed by atoms with van der Waals surface area (Å²) in [6, 6.07) is 18.8. The van der Waals surface area contributed by atoms with Gasteiger partial charge in [-0.1, -0.05) is 36.4 Å². The lowest BCUT2D eigenvalue weighted by Gasteiger charge is -2.36. The third-order valence-electron chi connectivity index (χ3n) is 6.99. The molecule has 2 aromatic rings. The van der Waals surface area contributed by atoms with Crippen molar-refractivity contribution in [3.63, 3.8) is 0 Å². The van der Waals surface area contributed by atoms with Crippen LogP contribution in [0.25, 0.3) is 0 Å². The van der Waals surface area contributed by atoms with E-state index in [-0.39, 0.29) is 48.3 Å². The Morgan fingerprint density at radius 1 is 0.588 bits per heavy atom. The van der Waals surface area contributed by atoms with Crippen molar-refractivity contribution in [3.8, 4) is 0 Å². The maximum absolute atomic E-state index is 13.1. The van der Waals surface area contributed by atoms with E-state index in [1.807, 2.05) is 60.7 Å². The smallest absolute Gasteiger partial charge is 0.228 e. The number of hydrogen-bond acceptors (Lipinski definition) is 4. The number of piperazine rings is 1. The fourth-order valence-electron chi connectivity index (χ4n) is 5.12. The topological polar surface area (TPSA) is 81.2 Å².